The third-order valence-corrected chi connectivity index (χ3v) is 7.94. The quantitative estimate of drug-likeness (QED) is 0.251. The maximum Gasteiger partial charge on any atom is 0.223 e. The van der Waals surface area contributed by atoms with Gasteiger partial charge >= 0.3 is 0 Å². The molecule has 1 saturated heterocycles. The van der Waals surface area contributed by atoms with Crippen molar-refractivity contribution in [2.24, 2.45) is 0 Å². The summed E-state index contributed by atoms with van der Waals surface area (Å²) in [5.41, 5.74) is 4.68. The van der Waals surface area contributed by atoms with Crippen molar-refractivity contribution in [1.29, 1.82) is 0 Å². The molecule has 0 radical (unpaired) electrons. The van der Waals surface area contributed by atoms with Gasteiger partial charge in [-0.1, -0.05) is 121 Å². The average Bonchev–Trinajstić information content (AvgIpc) is 3.43. The number of likely N-dealkylation sites (N-methyl/N-ethyl adjacent to an activating group) is 1. The highest BCUT2D eigenvalue weighted by atomic mass is 35.5. The highest BCUT2D eigenvalue weighted by Gasteiger charge is 2.35. The molecule has 1 heterocycles. The molecule has 0 N–H and O–H groups in total. The van der Waals surface area contributed by atoms with Crippen molar-refractivity contribution in [1.82, 2.24) is 9.80 Å². The summed E-state index contributed by atoms with van der Waals surface area (Å²) in [5, 5.41) is 0.776. The molecule has 5 rings (SSSR count). The van der Waals surface area contributed by atoms with Crippen LogP contribution in [0.1, 0.15) is 47.1 Å². The summed E-state index contributed by atoms with van der Waals surface area (Å²) in [4.78, 5) is 18.1. The maximum absolute atomic E-state index is 13.6. The molecular formula is C33H33ClN2O. The van der Waals surface area contributed by atoms with Crippen LogP contribution in [-0.4, -0.2) is 41.9 Å². The lowest BCUT2D eigenvalue weighted by Gasteiger charge is -2.31. The first kappa shape index (κ1) is 25.3. The van der Waals surface area contributed by atoms with Crippen LogP contribution in [0.25, 0.3) is 0 Å². The van der Waals surface area contributed by atoms with Crippen molar-refractivity contribution < 1.29 is 4.79 Å². The van der Waals surface area contributed by atoms with Gasteiger partial charge in [0.1, 0.15) is 0 Å². The molecule has 188 valence electrons. The van der Waals surface area contributed by atoms with E-state index in [-0.39, 0.29) is 23.9 Å². The Labute approximate surface area is 225 Å². The van der Waals surface area contributed by atoms with E-state index >= 15 is 0 Å². The Morgan fingerprint density at radius 1 is 0.811 bits per heavy atom. The van der Waals surface area contributed by atoms with Crippen molar-refractivity contribution in [2.45, 2.75) is 30.8 Å². The smallest absolute Gasteiger partial charge is 0.223 e. The van der Waals surface area contributed by atoms with Gasteiger partial charge in [-0.25, -0.2) is 0 Å². The molecule has 4 heteroatoms. The largest absolute Gasteiger partial charge is 0.341 e. The van der Waals surface area contributed by atoms with Gasteiger partial charge in [0.25, 0.3) is 0 Å². The number of rotatable bonds is 8. The van der Waals surface area contributed by atoms with Gasteiger partial charge in [0, 0.05) is 43.5 Å². The van der Waals surface area contributed by atoms with E-state index < -0.39 is 0 Å². The van der Waals surface area contributed by atoms with Crippen LogP contribution in [0.15, 0.2) is 115 Å². The van der Waals surface area contributed by atoms with E-state index in [0.717, 1.165) is 30.1 Å². The van der Waals surface area contributed by atoms with E-state index in [1.165, 1.54) is 16.7 Å². The predicted molar refractivity (Wildman–Crippen MR) is 152 cm³/mol. The molecule has 2 unspecified atom stereocenters. The number of likely N-dealkylation sites (tertiary alicyclic amines) is 1. The van der Waals surface area contributed by atoms with Crippen LogP contribution in [0, 0.1) is 0 Å². The number of carbonyl (C=O) groups is 1. The van der Waals surface area contributed by atoms with Gasteiger partial charge in [0.15, 0.2) is 0 Å². The zero-order valence-corrected chi connectivity index (χ0v) is 22.0. The van der Waals surface area contributed by atoms with Crippen molar-refractivity contribution >= 4 is 17.5 Å². The molecule has 4 aromatic rings. The predicted octanol–water partition coefficient (Wildman–Crippen LogP) is 7.18. The van der Waals surface area contributed by atoms with Gasteiger partial charge in [0.05, 0.1) is 6.04 Å². The normalized spacial score (nSPS) is 16.6. The third kappa shape index (κ3) is 5.79. The second-order valence-corrected chi connectivity index (χ2v) is 10.3. The maximum atomic E-state index is 13.6. The van der Waals surface area contributed by atoms with Crippen LogP contribution < -0.4 is 0 Å². The van der Waals surface area contributed by atoms with Crippen molar-refractivity contribution in [3.63, 3.8) is 0 Å². The Morgan fingerprint density at radius 2 is 1.32 bits per heavy atom. The number of nitrogens with zero attached hydrogens (tertiary/aromatic N) is 2. The Balaban J connectivity index is 1.34. The standard InChI is InChI=1S/C33H33ClN2O/c1-35(32(37)23-30(25-13-5-2-6-14-25)26-15-7-3-8-16-26)28-21-22-36(24-28)33(27-17-9-4-10-18-27)29-19-11-12-20-31(29)34/h2-20,28,30,33H,21-24H2,1H3. The number of benzene rings is 4. The van der Waals surface area contributed by atoms with Gasteiger partial charge in [-0.2, -0.15) is 0 Å². The number of halogens is 1. The molecule has 0 aromatic heterocycles. The van der Waals surface area contributed by atoms with Crippen LogP contribution in [0.2, 0.25) is 5.02 Å². The zero-order chi connectivity index (χ0) is 25.6. The van der Waals surface area contributed by atoms with E-state index in [0.29, 0.717) is 6.42 Å². The molecule has 37 heavy (non-hydrogen) atoms. The van der Waals surface area contributed by atoms with E-state index in [1.807, 2.05) is 72.6 Å². The lowest BCUT2D eigenvalue weighted by molar-refractivity contribution is -0.132. The molecule has 1 aliphatic heterocycles. The molecule has 1 fully saturated rings. The summed E-state index contributed by atoms with van der Waals surface area (Å²) < 4.78 is 0. The fourth-order valence-corrected chi connectivity index (χ4v) is 5.80. The SMILES string of the molecule is CN(C(=O)CC(c1ccccc1)c1ccccc1)C1CCN(C(c2ccccc2)c2ccccc2Cl)C1. The van der Waals surface area contributed by atoms with Crippen LogP contribution >= 0.6 is 11.6 Å². The average molecular weight is 509 g/mol. The van der Waals surface area contributed by atoms with E-state index in [9.17, 15) is 4.79 Å². The van der Waals surface area contributed by atoms with Crippen molar-refractivity contribution in [3.8, 4) is 0 Å². The molecule has 0 spiro atoms. The summed E-state index contributed by atoms with van der Waals surface area (Å²) in [7, 11) is 1.97. The molecule has 0 aliphatic carbocycles. The lowest BCUT2D eigenvalue weighted by Crippen LogP contribution is -2.40. The Hall–Kier alpha value is -3.40. The molecular weight excluding hydrogens is 476 g/mol. The number of hydrogen-bond acceptors (Lipinski definition) is 2. The van der Waals surface area contributed by atoms with Crippen LogP contribution in [0.4, 0.5) is 0 Å². The second kappa shape index (κ2) is 11.8. The molecule has 1 amide bonds. The van der Waals surface area contributed by atoms with Gasteiger partial charge in [-0.3, -0.25) is 9.69 Å². The molecule has 2 atom stereocenters. The number of hydrogen-bond donors (Lipinski definition) is 0. The molecule has 0 saturated carbocycles. The first-order valence-electron chi connectivity index (χ1n) is 13.0. The first-order valence-corrected chi connectivity index (χ1v) is 13.4. The summed E-state index contributed by atoms with van der Waals surface area (Å²) in [6, 6.07) is 39.6. The van der Waals surface area contributed by atoms with Gasteiger partial charge in [-0.15, -0.1) is 0 Å². The van der Waals surface area contributed by atoms with Crippen LogP contribution in [-0.2, 0) is 4.79 Å². The summed E-state index contributed by atoms with van der Waals surface area (Å²) in [6.45, 7) is 1.72. The van der Waals surface area contributed by atoms with Gasteiger partial charge in [-0.05, 0) is 34.7 Å². The summed E-state index contributed by atoms with van der Waals surface area (Å²) >= 11 is 6.68. The Kier molecular flexibility index (Phi) is 8.03. The second-order valence-electron chi connectivity index (χ2n) is 9.85. The Bertz CT molecular complexity index is 1260. The fraction of sp³-hybridized carbons (Fsp3) is 0.242. The highest BCUT2D eigenvalue weighted by Crippen LogP contribution is 2.36. The molecule has 0 bridgehead atoms. The minimum Gasteiger partial charge on any atom is -0.341 e. The zero-order valence-electron chi connectivity index (χ0n) is 21.2. The highest BCUT2D eigenvalue weighted by molar-refractivity contribution is 6.31. The number of amides is 1. The van der Waals surface area contributed by atoms with E-state index in [2.05, 4.69) is 59.5 Å². The molecule has 1 aliphatic rings. The summed E-state index contributed by atoms with van der Waals surface area (Å²) in [5.74, 6) is 0.216. The van der Waals surface area contributed by atoms with E-state index in [1.54, 1.807) is 0 Å². The van der Waals surface area contributed by atoms with Gasteiger partial charge < -0.3 is 4.90 Å². The molecule has 4 aromatic carbocycles. The molecule has 3 nitrogen and oxygen atoms in total. The number of carbonyl (C=O) groups excluding carboxylic acids is 1. The third-order valence-electron chi connectivity index (χ3n) is 7.60. The summed E-state index contributed by atoms with van der Waals surface area (Å²) in [6.07, 6.45) is 1.39. The van der Waals surface area contributed by atoms with Crippen molar-refractivity contribution in [3.05, 3.63) is 143 Å². The monoisotopic (exact) mass is 508 g/mol. The lowest BCUT2D eigenvalue weighted by atomic mass is 9.88. The van der Waals surface area contributed by atoms with Crippen LogP contribution in [0.5, 0.6) is 0 Å². The van der Waals surface area contributed by atoms with Crippen LogP contribution in [0.3, 0.4) is 0 Å². The van der Waals surface area contributed by atoms with Gasteiger partial charge in [0.2, 0.25) is 5.91 Å². The van der Waals surface area contributed by atoms with E-state index in [4.69, 9.17) is 11.6 Å². The van der Waals surface area contributed by atoms with Crippen molar-refractivity contribution in [2.75, 3.05) is 20.1 Å². The Morgan fingerprint density at radius 3 is 1.89 bits per heavy atom. The minimum absolute atomic E-state index is 0.0371. The minimum atomic E-state index is 0.0371. The first-order chi connectivity index (χ1) is 18.1. The fourth-order valence-electron chi connectivity index (χ4n) is 5.56. The topological polar surface area (TPSA) is 23.6 Å².